The molecule has 6 nitrogen and oxygen atoms in total. The third-order valence-corrected chi connectivity index (χ3v) is 5.21. The molecule has 0 aromatic heterocycles. The number of anilines is 1. The van der Waals surface area contributed by atoms with Crippen molar-refractivity contribution in [2.24, 2.45) is 23.7 Å². The van der Waals surface area contributed by atoms with E-state index in [1.807, 2.05) is 12.2 Å². The van der Waals surface area contributed by atoms with E-state index in [1.54, 1.807) is 0 Å². The molecule has 0 aliphatic heterocycles. The normalized spacial score (nSPS) is 27.9. The first-order valence-corrected chi connectivity index (χ1v) is 7.92. The molecular formula is C16H14BrNO5. The summed E-state index contributed by atoms with van der Waals surface area (Å²) in [5, 5.41) is 21.1. The van der Waals surface area contributed by atoms with E-state index in [2.05, 4.69) is 21.2 Å². The molecule has 1 amide bonds. The zero-order valence-electron chi connectivity index (χ0n) is 11.9. The maximum atomic E-state index is 12.6. The Morgan fingerprint density at radius 1 is 1.09 bits per heavy atom. The van der Waals surface area contributed by atoms with E-state index < -0.39 is 29.7 Å². The molecular weight excluding hydrogens is 366 g/mol. The van der Waals surface area contributed by atoms with Crippen LogP contribution in [0.4, 0.5) is 5.69 Å². The van der Waals surface area contributed by atoms with Gasteiger partial charge in [-0.25, -0.2) is 4.79 Å². The van der Waals surface area contributed by atoms with Crippen LogP contribution in [0.25, 0.3) is 0 Å². The van der Waals surface area contributed by atoms with Gasteiger partial charge in [-0.1, -0.05) is 12.2 Å². The van der Waals surface area contributed by atoms with E-state index >= 15 is 0 Å². The van der Waals surface area contributed by atoms with Crippen molar-refractivity contribution in [2.75, 3.05) is 5.32 Å². The SMILES string of the molecule is O=C(O)c1ccc(Br)c(NC(=O)[C@@H]2[C@@H](C(=O)O)[C@H]3C=C[C@H]2C3)c1. The van der Waals surface area contributed by atoms with E-state index in [0.29, 0.717) is 16.6 Å². The quantitative estimate of drug-likeness (QED) is 0.697. The number of hydrogen-bond donors (Lipinski definition) is 3. The van der Waals surface area contributed by atoms with Crippen molar-refractivity contribution in [3.63, 3.8) is 0 Å². The highest BCUT2D eigenvalue weighted by molar-refractivity contribution is 9.10. The highest BCUT2D eigenvalue weighted by atomic mass is 79.9. The van der Waals surface area contributed by atoms with E-state index in [9.17, 15) is 19.5 Å². The molecule has 3 rings (SSSR count). The van der Waals surface area contributed by atoms with Crippen molar-refractivity contribution in [3.05, 3.63) is 40.4 Å². The molecule has 0 unspecified atom stereocenters. The van der Waals surface area contributed by atoms with E-state index in [4.69, 9.17) is 5.11 Å². The van der Waals surface area contributed by atoms with Crippen LogP contribution in [0.3, 0.4) is 0 Å². The second kappa shape index (κ2) is 5.81. The molecule has 120 valence electrons. The Labute approximate surface area is 140 Å². The van der Waals surface area contributed by atoms with E-state index in [0.717, 1.165) is 0 Å². The Bertz CT molecular complexity index is 729. The highest BCUT2D eigenvalue weighted by Gasteiger charge is 2.51. The minimum absolute atomic E-state index is 0.0473. The number of benzene rings is 1. The largest absolute Gasteiger partial charge is 0.481 e. The summed E-state index contributed by atoms with van der Waals surface area (Å²) in [6.45, 7) is 0. The lowest BCUT2D eigenvalue weighted by Crippen LogP contribution is -2.36. The number of aliphatic carboxylic acids is 1. The molecule has 2 bridgehead atoms. The number of carboxylic acids is 2. The molecule has 7 heteroatoms. The van der Waals surface area contributed by atoms with Crippen molar-refractivity contribution >= 4 is 39.5 Å². The second-order valence-electron chi connectivity index (χ2n) is 5.83. The van der Waals surface area contributed by atoms with Crippen molar-refractivity contribution in [3.8, 4) is 0 Å². The van der Waals surface area contributed by atoms with Crippen LogP contribution < -0.4 is 5.32 Å². The predicted molar refractivity (Wildman–Crippen MR) is 85.1 cm³/mol. The van der Waals surface area contributed by atoms with Gasteiger partial charge in [-0.05, 0) is 52.4 Å². The molecule has 0 heterocycles. The minimum atomic E-state index is -1.10. The van der Waals surface area contributed by atoms with Crippen molar-refractivity contribution in [1.29, 1.82) is 0 Å². The molecule has 2 aliphatic carbocycles. The van der Waals surface area contributed by atoms with Crippen LogP contribution in [-0.4, -0.2) is 28.1 Å². The van der Waals surface area contributed by atoms with Crippen LogP contribution in [0.2, 0.25) is 0 Å². The lowest BCUT2D eigenvalue weighted by atomic mass is 9.82. The first kappa shape index (κ1) is 15.7. The molecule has 1 fully saturated rings. The molecule has 0 saturated heterocycles. The number of carboxylic acid groups (broad SMARTS) is 2. The van der Waals surface area contributed by atoms with Gasteiger partial charge in [-0.3, -0.25) is 9.59 Å². The summed E-state index contributed by atoms with van der Waals surface area (Å²) in [5.41, 5.74) is 0.372. The molecule has 0 radical (unpaired) electrons. The summed E-state index contributed by atoms with van der Waals surface area (Å²) in [5.74, 6) is -4.02. The van der Waals surface area contributed by atoms with Gasteiger partial charge in [0.2, 0.25) is 5.91 Å². The number of carbonyl (C=O) groups excluding carboxylic acids is 1. The Morgan fingerprint density at radius 3 is 2.35 bits per heavy atom. The number of fused-ring (bicyclic) bond motifs is 2. The van der Waals surface area contributed by atoms with Crippen molar-refractivity contribution in [2.45, 2.75) is 6.42 Å². The molecule has 1 saturated carbocycles. The molecule has 1 aromatic carbocycles. The Balaban J connectivity index is 1.85. The topological polar surface area (TPSA) is 104 Å². The monoisotopic (exact) mass is 379 g/mol. The van der Waals surface area contributed by atoms with Gasteiger partial charge in [0.15, 0.2) is 0 Å². The number of allylic oxidation sites excluding steroid dienone is 2. The molecule has 3 N–H and O–H groups in total. The third kappa shape index (κ3) is 2.76. The van der Waals surface area contributed by atoms with Crippen LogP contribution in [0.15, 0.2) is 34.8 Å². The second-order valence-corrected chi connectivity index (χ2v) is 6.68. The molecule has 0 spiro atoms. The predicted octanol–water partition coefficient (Wildman–Crippen LogP) is 2.61. The van der Waals surface area contributed by atoms with Crippen molar-refractivity contribution in [1.82, 2.24) is 0 Å². The fraction of sp³-hybridized carbons (Fsp3) is 0.312. The van der Waals surface area contributed by atoms with Gasteiger partial charge in [-0.15, -0.1) is 0 Å². The summed E-state index contributed by atoms with van der Waals surface area (Å²) in [6, 6.07) is 4.31. The number of nitrogens with one attached hydrogen (secondary N) is 1. The van der Waals surface area contributed by atoms with E-state index in [1.165, 1.54) is 18.2 Å². The number of halogens is 1. The van der Waals surface area contributed by atoms with Gasteiger partial charge in [0, 0.05) is 4.47 Å². The van der Waals surface area contributed by atoms with Gasteiger partial charge in [0.25, 0.3) is 0 Å². The summed E-state index contributed by atoms with van der Waals surface area (Å²) >= 11 is 3.26. The first-order valence-electron chi connectivity index (χ1n) is 7.13. The number of carbonyl (C=O) groups is 3. The molecule has 23 heavy (non-hydrogen) atoms. The van der Waals surface area contributed by atoms with Crippen LogP contribution >= 0.6 is 15.9 Å². The van der Waals surface area contributed by atoms with Gasteiger partial charge >= 0.3 is 11.9 Å². The molecule has 2 aliphatic rings. The third-order valence-electron chi connectivity index (χ3n) is 4.52. The summed E-state index contributed by atoms with van der Waals surface area (Å²) in [4.78, 5) is 35.1. The highest BCUT2D eigenvalue weighted by Crippen LogP contribution is 2.48. The summed E-state index contributed by atoms with van der Waals surface area (Å²) in [7, 11) is 0. The lowest BCUT2D eigenvalue weighted by Gasteiger charge is -2.24. The number of amides is 1. The Morgan fingerprint density at radius 2 is 1.74 bits per heavy atom. The molecule has 4 atom stereocenters. The van der Waals surface area contributed by atoms with Crippen LogP contribution in [-0.2, 0) is 9.59 Å². The maximum Gasteiger partial charge on any atom is 0.335 e. The molecule has 1 aromatic rings. The fourth-order valence-electron chi connectivity index (χ4n) is 3.49. The van der Waals surface area contributed by atoms with Gasteiger partial charge in [0.05, 0.1) is 23.1 Å². The Hall–Kier alpha value is -2.15. The summed E-state index contributed by atoms with van der Waals surface area (Å²) in [6.07, 6.45) is 4.44. The fourth-order valence-corrected chi connectivity index (χ4v) is 3.83. The number of hydrogen-bond acceptors (Lipinski definition) is 3. The van der Waals surface area contributed by atoms with Gasteiger partial charge < -0.3 is 15.5 Å². The maximum absolute atomic E-state index is 12.6. The Kier molecular flexibility index (Phi) is 3.97. The summed E-state index contributed by atoms with van der Waals surface area (Å²) < 4.78 is 0.543. The average molecular weight is 380 g/mol. The van der Waals surface area contributed by atoms with Crippen molar-refractivity contribution < 1.29 is 24.6 Å². The smallest absolute Gasteiger partial charge is 0.335 e. The zero-order valence-corrected chi connectivity index (χ0v) is 13.5. The van der Waals surface area contributed by atoms with Crippen LogP contribution in [0, 0.1) is 23.7 Å². The number of aromatic carboxylic acids is 1. The van der Waals surface area contributed by atoms with E-state index in [-0.39, 0.29) is 17.4 Å². The van der Waals surface area contributed by atoms with Crippen LogP contribution in [0.1, 0.15) is 16.8 Å². The number of rotatable bonds is 4. The lowest BCUT2D eigenvalue weighted by molar-refractivity contribution is -0.146. The average Bonchev–Trinajstić information content (AvgIpc) is 3.09. The van der Waals surface area contributed by atoms with Gasteiger partial charge in [-0.2, -0.15) is 0 Å². The first-order chi connectivity index (χ1) is 10.9. The van der Waals surface area contributed by atoms with Gasteiger partial charge in [0.1, 0.15) is 0 Å². The zero-order chi connectivity index (χ0) is 16.7. The minimum Gasteiger partial charge on any atom is -0.481 e. The van der Waals surface area contributed by atoms with Crippen LogP contribution in [0.5, 0.6) is 0 Å². The standard InChI is InChI=1S/C16H14BrNO5/c17-10-4-3-9(15(20)21)6-11(10)18-14(19)12-7-1-2-8(5-7)13(12)16(22)23/h1-4,6-8,12-13H,5H2,(H,18,19)(H,20,21)(H,22,23)/t7-,8-,12-,13-/m0/s1.